The van der Waals surface area contributed by atoms with Crippen LogP contribution in [0.5, 0.6) is 11.5 Å². The van der Waals surface area contributed by atoms with Crippen molar-refractivity contribution in [2.45, 2.75) is 84.2 Å². The molecular formula is C39H46N2O5. The van der Waals surface area contributed by atoms with Crippen LogP contribution in [-0.4, -0.2) is 52.7 Å². The molecule has 1 aliphatic rings. The number of carbonyl (C=O) groups is 2. The molecule has 46 heavy (non-hydrogen) atoms. The number of fused-ring (bicyclic) bond motifs is 1. The summed E-state index contributed by atoms with van der Waals surface area (Å²) in [5.74, 6) is 1.02. The fourth-order valence-electron chi connectivity index (χ4n) is 5.83. The van der Waals surface area contributed by atoms with Crippen molar-refractivity contribution in [1.29, 1.82) is 0 Å². The highest BCUT2D eigenvalue weighted by Gasteiger charge is 2.37. The highest BCUT2D eigenvalue weighted by Crippen LogP contribution is 2.28. The van der Waals surface area contributed by atoms with E-state index in [1.807, 2.05) is 91.2 Å². The molecule has 1 unspecified atom stereocenters. The van der Waals surface area contributed by atoms with Gasteiger partial charge in [0, 0.05) is 19.6 Å². The maximum absolute atomic E-state index is 13.8. The molecule has 4 aromatic carbocycles. The van der Waals surface area contributed by atoms with Crippen molar-refractivity contribution in [3.8, 4) is 11.5 Å². The number of benzene rings is 4. The van der Waals surface area contributed by atoms with E-state index in [2.05, 4.69) is 30.3 Å². The van der Waals surface area contributed by atoms with E-state index < -0.39 is 17.2 Å². The van der Waals surface area contributed by atoms with Gasteiger partial charge in [-0.25, -0.2) is 9.59 Å². The van der Waals surface area contributed by atoms with E-state index in [0.717, 1.165) is 36.1 Å². The third kappa shape index (κ3) is 8.39. The van der Waals surface area contributed by atoms with Crippen molar-refractivity contribution < 1.29 is 23.8 Å². The highest BCUT2D eigenvalue weighted by molar-refractivity contribution is 5.83. The van der Waals surface area contributed by atoms with Gasteiger partial charge in [-0.3, -0.25) is 0 Å². The van der Waals surface area contributed by atoms with Crippen LogP contribution in [0.15, 0.2) is 91.0 Å². The Morgan fingerprint density at radius 3 is 2.09 bits per heavy atom. The Kier molecular flexibility index (Phi) is 9.90. The van der Waals surface area contributed by atoms with Crippen LogP contribution in [-0.2, 0) is 29.0 Å². The first-order valence-electron chi connectivity index (χ1n) is 16.1. The van der Waals surface area contributed by atoms with Crippen LogP contribution in [0.25, 0.3) is 10.8 Å². The zero-order valence-electron chi connectivity index (χ0n) is 27.9. The van der Waals surface area contributed by atoms with Crippen molar-refractivity contribution >= 4 is 22.8 Å². The first-order valence-corrected chi connectivity index (χ1v) is 16.1. The molecule has 0 aromatic heterocycles. The molecule has 4 aromatic rings. The number of nitrogens with zero attached hydrogens (tertiary/aromatic N) is 2. The van der Waals surface area contributed by atoms with Crippen LogP contribution in [0.1, 0.15) is 64.2 Å². The van der Waals surface area contributed by atoms with E-state index in [4.69, 9.17) is 14.2 Å². The van der Waals surface area contributed by atoms with E-state index >= 15 is 0 Å². The topological polar surface area (TPSA) is 68.3 Å². The van der Waals surface area contributed by atoms with Crippen molar-refractivity contribution in [2.75, 3.05) is 13.7 Å². The molecule has 0 spiro atoms. The van der Waals surface area contributed by atoms with Crippen molar-refractivity contribution in [3.05, 3.63) is 108 Å². The second kappa shape index (κ2) is 13.9. The molecule has 1 heterocycles. The van der Waals surface area contributed by atoms with Gasteiger partial charge in [-0.15, -0.1) is 0 Å². The number of hydrogen-bond acceptors (Lipinski definition) is 5. The van der Waals surface area contributed by atoms with E-state index in [1.165, 1.54) is 16.3 Å². The number of carbonyl (C=O) groups excluding carboxylic acids is 2. The molecule has 0 aliphatic carbocycles. The molecular weight excluding hydrogens is 576 g/mol. The molecule has 1 aliphatic heterocycles. The number of methoxy groups -OCH3 is 1. The maximum Gasteiger partial charge on any atom is 0.350 e. The maximum atomic E-state index is 13.8. The fraction of sp³-hybridized carbons (Fsp3) is 0.385. The van der Waals surface area contributed by atoms with Gasteiger partial charge in [0.05, 0.1) is 13.2 Å². The summed E-state index contributed by atoms with van der Waals surface area (Å²) in [6.07, 6.45) is 2.70. The minimum absolute atomic E-state index is 0.0723. The summed E-state index contributed by atoms with van der Waals surface area (Å²) >= 11 is 0. The van der Waals surface area contributed by atoms with Gasteiger partial charge in [0.25, 0.3) is 0 Å². The number of hydrogen-bond donors (Lipinski definition) is 0. The molecule has 5 rings (SSSR count). The quantitative estimate of drug-likeness (QED) is 0.149. The lowest BCUT2D eigenvalue weighted by molar-refractivity contribution is -0.170. The highest BCUT2D eigenvalue weighted by atomic mass is 16.6. The molecule has 7 heteroatoms. The first kappa shape index (κ1) is 32.9. The summed E-state index contributed by atoms with van der Waals surface area (Å²) in [4.78, 5) is 30.4. The lowest BCUT2D eigenvalue weighted by atomic mass is 10.0. The Bertz CT molecular complexity index is 1640. The third-order valence-corrected chi connectivity index (χ3v) is 8.28. The molecule has 2 amide bonds. The Labute approximate surface area is 273 Å². The zero-order chi connectivity index (χ0) is 32.9. The van der Waals surface area contributed by atoms with Crippen LogP contribution in [0.3, 0.4) is 0 Å². The number of esters is 1. The Hall–Kier alpha value is -4.52. The summed E-state index contributed by atoms with van der Waals surface area (Å²) in [7, 11) is 1.66. The molecule has 0 bridgehead atoms. The Balaban J connectivity index is 1.22. The number of aryl methyl sites for hydroxylation is 1. The molecule has 1 atom stereocenters. The predicted octanol–water partition coefficient (Wildman–Crippen LogP) is 8.18. The van der Waals surface area contributed by atoms with Gasteiger partial charge in [0.15, 0.2) is 5.60 Å². The second-order valence-electron chi connectivity index (χ2n) is 13.6. The molecule has 0 radical (unpaired) electrons. The van der Waals surface area contributed by atoms with Gasteiger partial charge < -0.3 is 24.0 Å². The van der Waals surface area contributed by atoms with Gasteiger partial charge in [0.1, 0.15) is 17.1 Å². The smallest absolute Gasteiger partial charge is 0.350 e. The van der Waals surface area contributed by atoms with E-state index in [1.54, 1.807) is 21.0 Å². The monoisotopic (exact) mass is 622 g/mol. The minimum atomic E-state index is -1.10. The van der Waals surface area contributed by atoms with Crippen LogP contribution >= 0.6 is 0 Å². The molecule has 1 fully saturated rings. The zero-order valence-corrected chi connectivity index (χ0v) is 27.9. The minimum Gasteiger partial charge on any atom is -0.497 e. The molecule has 7 nitrogen and oxygen atoms in total. The summed E-state index contributed by atoms with van der Waals surface area (Å²) in [6, 6.07) is 30.8. The lowest BCUT2D eigenvalue weighted by Crippen LogP contribution is -2.43. The summed E-state index contributed by atoms with van der Waals surface area (Å²) in [5.41, 5.74) is 1.71. The van der Waals surface area contributed by atoms with E-state index in [-0.39, 0.29) is 12.1 Å². The molecule has 0 saturated carbocycles. The summed E-state index contributed by atoms with van der Waals surface area (Å²) < 4.78 is 16.9. The van der Waals surface area contributed by atoms with Crippen molar-refractivity contribution in [1.82, 2.24) is 9.80 Å². The standard InChI is InChI=1S/C39H46N2O5/c1-38(2,3)46-36(42)39(4,5)45-35-22-15-28(16-23-35)10-9-13-33-27-40(25-30-14-19-31-11-7-8-12-32(31)24-30)37(43)41(33)26-29-17-20-34(44-6)21-18-29/h7-8,11-12,14-24,33H,9-10,13,25-27H2,1-6H3. The third-order valence-electron chi connectivity index (χ3n) is 8.28. The van der Waals surface area contributed by atoms with Gasteiger partial charge >= 0.3 is 12.0 Å². The first-order chi connectivity index (χ1) is 21.9. The molecule has 242 valence electrons. The van der Waals surface area contributed by atoms with Crippen LogP contribution in [0.2, 0.25) is 0 Å². The Morgan fingerprint density at radius 2 is 1.41 bits per heavy atom. The molecule has 0 N–H and O–H groups in total. The van der Waals surface area contributed by atoms with Gasteiger partial charge in [-0.05, 0) is 112 Å². The Morgan fingerprint density at radius 1 is 0.783 bits per heavy atom. The average molecular weight is 623 g/mol. The summed E-state index contributed by atoms with van der Waals surface area (Å²) in [5, 5.41) is 2.38. The van der Waals surface area contributed by atoms with E-state index in [0.29, 0.717) is 25.4 Å². The van der Waals surface area contributed by atoms with Crippen LogP contribution < -0.4 is 9.47 Å². The number of rotatable bonds is 12. The number of amides is 2. The fourth-order valence-corrected chi connectivity index (χ4v) is 5.83. The second-order valence-corrected chi connectivity index (χ2v) is 13.6. The average Bonchev–Trinajstić information content (AvgIpc) is 3.30. The predicted molar refractivity (Wildman–Crippen MR) is 182 cm³/mol. The van der Waals surface area contributed by atoms with Gasteiger partial charge in [-0.1, -0.05) is 60.7 Å². The number of urea groups is 1. The van der Waals surface area contributed by atoms with Crippen LogP contribution in [0.4, 0.5) is 4.79 Å². The van der Waals surface area contributed by atoms with Crippen LogP contribution in [0, 0.1) is 0 Å². The lowest BCUT2D eigenvalue weighted by Gasteiger charge is -2.29. The van der Waals surface area contributed by atoms with Crippen molar-refractivity contribution in [3.63, 3.8) is 0 Å². The number of ether oxygens (including phenoxy) is 3. The largest absolute Gasteiger partial charge is 0.497 e. The normalized spacial score (nSPS) is 15.3. The summed E-state index contributed by atoms with van der Waals surface area (Å²) in [6.45, 7) is 10.8. The van der Waals surface area contributed by atoms with Gasteiger partial charge in [-0.2, -0.15) is 0 Å². The van der Waals surface area contributed by atoms with Gasteiger partial charge in [0.2, 0.25) is 0 Å². The van der Waals surface area contributed by atoms with Crippen molar-refractivity contribution in [2.24, 2.45) is 0 Å². The SMILES string of the molecule is COc1ccc(CN2C(=O)N(Cc3ccc4ccccc4c3)CC2CCCc2ccc(OC(C)(C)C(=O)OC(C)(C)C)cc2)cc1. The van der Waals surface area contributed by atoms with E-state index in [9.17, 15) is 9.59 Å². The molecule has 1 saturated heterocycles.